The van der Waals surface area contributed by atoms with Gasteiger partial charge in [0, 0.05) is 43.0 Å². The molecule has 0 saturated carbocycles. The third-order valence-corrected chi connectivity index (χ3v) is 4.58. The molecule has 0 N–H and O–H groups in total. The third-order valence-electron chi connectivity index (χ3n) is 4.58. The van der Waals surface area contributed by atoms with E-state index in [2.05, 4.69) is 95.1 Å². The van der Waals surface area contributed by atoms with Crippen LogP contribution >= 0.6 is 0 Å². The van der Waals surface area contributed by atoms with Crippen LogP contribution < -0.4 is 0 Å². The highest BCUT2D eigenvalue weighted by molar-refractivity contribution is 5.69. The van der Waals surface area contributed by atoms with Crippen molar-refractivity contribution in [2.75, 3.05) is 0 Å². The molecule has 3 nitrogen and oxygen atoms in total. The molecule has 0 saturated heterocycles. The highest BCUT2D eigenvalue weighted by Gasteiger charge is 2.21. The van der Waals surface area contributed by atoms with E-state index in [1.165, 1.54) is 27.8 Å². The molecule has 2 aromatic heterocycles. The van der Waals surface area contributed by atoms with Gasteiger partial charge in [-0.3, -0.25) is 0 Å². The predicted octanol–water partition coefficient (Wildman–Crippen LogP) is 4.83. The van der Waals surface area contributed by atoms with Crippen LogP contribution in [0.15, 0.2) is 85.7 Å². The minimum absolute atomic E-state index is 0.0983. The van der Waals surface area contributed by atoms with Gasteiger partial charge in [0.25, 0.3) is 0 Å². The van der Waals surface area contributed by atoms with Crippen molar-refractivity contribution in [2.45, 2.75) is 13.0 Å². The number of aryl methyl sites for hydroxylation is 2. The Morgan fingerprint density at radius 2 is 1.68 bits per heavy atom. The summed E-state index contributed by atoms with van der Waals surface area (Å²) in [5.74, 6) is 0. The Morgan fingerprint density at radius 1 is 0.920 bits per heavy atom. The lowest BCUT2D eigenvalue weighted by atomic mass is 9.94. The molecular formula is C22H21N3. The van der Waals surface area contributed by atoms with Crippen LogP contribution in [0, 0.1) is 6.92 Å². The van der Waals surface area contributed by atoms with Gasteiger partial charge in [-0.1, -0.05) is 60.2 Å². The fourth-order valence-corrected chi connectivity index (χ4v) is 3.37. The van der Waals surface area contributed by atoms with Crippen LogP contribution in [0.25, 0.3) is 11.1 Å². The number of rotatable bonds is 4. The van der Waals surface area contributed by atoms with E-state index < -0.39 is 0 Å². The highest BCUT2D eigenvalue weighted by Crippen LogP contribution is 2.35. The van der Waals surface area contributed by atoms with Crippen LogP contribution in [0.1, 0.15) is 22.7 Å². The molecule has 0 aliphatic heterocycles. The third kappa shape index (κ3) is 3.01. The van der Waals surface area contributed by atoms with Crippen molar-refractivity contribution in [2.24, 2.45) is 7.05 Å². The maximum atomic E-state index is 4.27. The van der Waals surface area contributed by atoms with Gasteiger partial charge < -0.3 is 9.13 Å². The predicted molar refractivity (Wildman–Crippen MR) is 101 cm³/mol. The first-order chi connectivity index (χ1) is 12.2. The van der Waals surface area contributed by atoms with Gasteiger partial charge in [0.15, 0.2) is 0 Å². The zero-order chi connectivity index (χ0) is 17.2. The van der Waals surface area contributed by atoms with Crippen LogP contribution in [0.5, 0.6) is 0 Å². The van der Waals surface area contributed by atoms with Crippen LogP contribution in [0.4, 0.5) is 0 Å². The van der Waals surface area contributed by atoms with E-state index in [-0.39, 0.29) is 6.04 Å². The summed E-state index contributed by atoms with van der Waals surface area (Å²) in [4.78, 5) is 4.27. The Labute approximate surface area is 148 Å². The number of imidazole rings is 1. The van der Waals surface area contributed by atoms with Crippen molar-refractivity contribution in [3.8, 4) is 11.1 Å². The molecule has 4 rings (SSSR count). The Balaban J connectivity index is 1.90. The maximum Gasteiger partial charge on any atom is 0.0954 e. The van der Waals surface area contributed by atoms with E-state index in [9.17, 15) is 0 Å². The quantitative estimate of drug-likeness (QED) is 0.526. The summed E-state index contributed by atoms with van der Waals surface area (Å²) < 4.78 is 4.31. The van der Waals surface area contributed by atoms with Gasteiger partial charge >= 0.3 is 0 Å². The number of nitrogens with zero attached hydrogens (tertiary/aromatic N) is 3. The van der Waals surface area contributed by atoms with Crippen molar-refractivity contribution < 1.29 is 0 Å². The standard InChI is InChI=1S/C22H21N3/c1-17-8-10-18(11-9-17)20-14-24(2)15-21(20)22(25-13-12-23-16-25)19-6-4-3-5-7-19/h3-16,22H,1-2H3/t22-/m1/s1. The molecular weight excluding hydrogens is 306 g/mol. The van der Waals surface area contributed by atoms with Crippen molar-refractivity contribution in [3.63, 3.8) is 0 Å². The average molecular weight is 327 g/mol. The summed E-state index contributed by atoms with van der Waals surface area (Å²) in [5, 5.41) is 0. The molecule has 2 aromatic carbocycles. The normalized spacial score (nSPS) is 12.2. The Bertz CT molecular complexity index is 948. The first-order valence-electron chi connectivity index (χ1n) is 8.47. The van der Waals surface area contributed by atoms with Gasteiger partial charge in [-0.25, -0.2) is 4.98 Å². The second kappa shape index (κ2) is 6.44. The second-order valence-electron chi connectivity index (χ2n) is 6.48. The van der Waals surface area contributed by atoms with Crippen molar-refractivity contribution in [1.82, 2.24) is 14.1 Å². The Hall–Kier alpha value is -3.07. The van der Waals surface area contributed by atoms with E-state index >= 15 is 0 Å². The minimum atomic E-state index is 0.0983. The molecule has 3 heteroatoms. The number of benzene rings is 2. The van der Waals surface area contributed by atoms with Gasteiger partial charge in [-0.05, 0) is 18.1 Å². The highest BCUT2D eigenvalue weighted by atomic mass is 15.1. The van der Waals surface area contributed by atoms with Crippen molar-refractivity contribution in [1.29, 1.82) is 0 Å². The summed E-state index contributed by atoms with van der Waals surface area (Å²) in [7, 11) is 2.08. The van der Waals surface area contributed by atoms with Gasteiger partial charge in [0.1, 0.15) is 0 Å². The maximum absolute atomic E-state index is 4.27. The molecule has 0 aliphatic carbocycles. The average Bonchev–Trinajstić information content (AvgIpc) is 3.28. The van der Waals surface area contributed by atoms with E-state index in [4.69, 9.17) is 0 Å². The van der Waals surface area contributed by atoms with Gasteiger partial charge in [0.05, 0.1) is 12.4 Å². The monoisotopic (exact) mass is 327 g/mol. The Kier molecular flexibility index (Phi) is 3.98. The molecule has 0 bridgehead atoms. The molecule has 0 spiro atoms. The lowest BCUT2D eigenvalue weighted by Gasteiger charge is -2.20. The number of aromatic nitrogens is 3. The lowest BCUT2D eigenvalue weighted by Crippen LogP contribution is -2.10. The molecule has 25 heavy (non-hydrogen) atoms. The van der Waals surface area contributed by atoms with E-state index in [1.54, 1.807) is 0 Å². The summed E-state index contributed by atoms with van der Waals surface area (Å²) in [6, 6.07) is 19.4. The van der Waals surface area contributed by atoms with Crippen LogP contribution in [-0.2, 0) is 7.05 Å². The van der Waals surface area contributed by atoms with E-state index in [0.29, 0.717) is 0 Å². The molecule has 1 atom stereocenters. The first-order valence-corrected chi connectivity index (χ1v) is 8.47. The summed E-state index contributed by atoms with van der Waals surface area (Å²) in [6.07, 6.45) is 10.2. The lowest BCUT2D eigenvalue weighted by molar-refractivity contribution is 0.676. The fraction of sp³-hybridized carbons (Fsp3) is 0.136. The molecule has 4 aromatic rings. The van der Waals surface area contributed by atoms with Crippen molar-refractivity contribution >= 4 is 0 Å². The molecule has 0 amide bonds. The smallest absolute Gasteiger partial charge is 0.0954 e. The van der Waals surface area contributed by atoms with E-state index in [1.807, 2.05) is 18.7 Å². The van der Waals surface area contributed by atoms with E-state index in [0.717, 1.165) is 0 Å². The number of hydrogen-bond donors (Lipinski definition) is 0. The summed E-state index contributed by atoms with van der Waals surface area (Å²) in [6.45, 7) is 2.12. The largest absolute Gasteiger partial charge is 0.356 e. The summed E-state index contributed by atoms with van der Waals surface area (Å²) in [5.41, 5.74) is 6.29. The minimum Gasteiger partial charge on any atom is -0.356 e. The Morgan fingerprint density at radius 3 is 2.36 bits per heavy atom. The molecule has 0 unspecified atom stereocenters. The zero-order valence-corrected chi connectivity index (χ0v) is 14.5. The van der Waals surface area contributed by atoms with Gasteiger partial charge in [-0.15, -0.1) is 0 Å². The molecule has 124 valence electrons. The van der Waals surface area contributed by atoms with Gasteiger partial charge in [-0.2, -0.15) is 0 Å². The molecule has 0 radical (unpaired) electrons. The van der Waals surface area contributed by atoms with Crippen LogP contribution in [0.3, 0.4) is 0 Å². The van der Waals surface area contributed by atoms with Crippen molar-refractivity contribution in [3.05, 3.63) is 102 Å². The number of hydrogen-bond acceptors (Lipinski definition) is 1. The summed E-state index contributed by atoms with van der Waals surface area (Å²) >= 11 is 0. The van der Waals surface area contributed by atoms with Gasteiger partial charge in [0.2, 0.25) is 0 Å². The molecule has 2 heterocycles. The SMILES string of the molecule is Cc1ccc(-c2cn(C)cc2[C@@H](c2ccccc2)n2ccnc2)cc1. The fourth-order valence-electron chi connectivity index (χ4n) is 3.37. The zero-order valence-electron chi connectivity index (χ0n) is 14.5. The second-order valence-corrected chi connectivity index (χ2v) is 6.48. The first kappa shape index (κ1) is 15.5. The van der Waals surface area contributed by atoms with Crippen LogP contribution in [0.2, 0.25) is 0 Å². The topological polar surface area (TPSA) is 22.8 Å². The molecule has 0 fully saturated rings. The molecule has 0 aliphatic rings. The van der Waals surface area contributed by atoms with Crippen LogP contribution in [-0.4, -0.2) is 14.1 Å².